The second-order valence-corrected chi connectivity index (χ2v) is 5.14. The van der Waals surface area contributed by atoms with E-state index in [2.05, 4.69) is 20.6 Å². The first-order valence-electron chi connectivity index (χ1n) is 7.34. The molecule has 7 nitrogen and oxygen atoms in total. The molecule has 7 heteroatoms. The second-order valence-electron chi connectivity index (χ2n) is 5.14. The Morgan fingerprint density at radius 1 is 1.22 bits per heavy atom. The lowest BCUT2D eigenvalue weighted by Crippen LogP contribution is -2.36. The van der Waals surface area contributed by atoms with Crippen LogP contribution in [0.15, 0.2) is 49.2 Å². The van der Waals surface area contributed by atoms with Gasteiger partial charge in [-0.15, -0.1) is 0 Å². The highest BCUT2D eigenvalue weighted by molar-refractivity contribution is 6.39. The predicted octanol–water partition coefficient (Wildman–Crippen LogP) is 1.51. The first-order valence-corrected chi connectivity index (χ1v) is 7.34. The molecule has 23 heavy (non-hydrogen) atoms. The van der Waals surface area contributed by atoms with E-state index in [9.17, 15) is 9.59 Å². The normalized spacial score (nSPS) is 10.6. The number of H-pyrrole nitrogens is 1. The average molecular weight is 311 g/mol. The maximum atomic E-state index is 11.9. The van der Waals surface area contributed by atoms with E-state index in [4.69, 9.17) is 0 Å². The zero-order valence-corrected chi connectivity index (χ0v) is 12.5. The molecule has 0 saturated carbocycles. The zero-order chi connectivity index (χ0) is 16.1. The van der Waals surface area contributed by atoms with E-state index in [1.165, 1.54) is 0 Å². The standard InChI is InChI=1S/C16H17N5O2/c22-15(19-5-1-8-21-9-7-17-11-21)16(23)20-13-3-2-12-4-6-18-14(12)10-13/h2-4,6-7,9-11,18H,1,5,8H2,(H,19,22)(H,20,23). The van der Waals surface area contributed by atoms with E-state index in [-0.39, 0.29) is 0 Å². The molecule has 0 aliphatic rings. The number of hydrogen-bond donors (Lipinski definition) is 3. The molecule has 118 valence electrons. The summed E-state index contributed by atoms with van der Waals surface area (Å²) in [6.07, 6.45) is 7.82. The quantitative estimate of drug-likeness (QED) is 0.492. The number of aromatic nitrogens is 3. The molecule has 3 aromatic rings. The highest BCUT2D eigenvalue weighted by atomic mass is 16.2. The van der Waals surface area contributed by atoms with E-state index >= 15 is 0 Å². The number of carbonyl (C=O) groups is 2. The van der Waals surface area contributed by atoms with Crippen LogP contribution >= 0.6 is 0 Å². The van der Waals surface area contributed by atoms with Crippen LogP contribution < -0.4 is 10.6 Å². The minimum atomic E-state index is -0.668. The third-order valence-corrected chi connectivity index (χ3v) is 3.46. The van der Waals surface area contributed by atoms with Gasteiger partial charge in [0.25, 0.3) is 0 Å². The van der Waals surface area contributed by atoms with Gasteiger partial charge in [-0.05, 0) is 30.0 Å². The number of anilines is 1. The summed E-state index contributed by atoms with van der Waals surface area (Å²) in [5, 5.41) is 6.24. The lowest BCUT2D eigenvalue weighted by Gasteiger charge is -2.07. The van der Waals surface area contributed by atoms with Gasteiger partial charge in [-0.25, -0.2) is 4.98 Å². The molecule has 2 aromatic heterocycles. The summed E-state index contributed by atoms with van der Waals surface area (Å²) >= 11 is 0. The number of nitrogens with zero attached hydrogens (tertiary/aromatic N) is 2. The van der Waals surface area contributed by atoms with Crippen molar-refractivity contribution in [1.82, 2.24) is 19.9 Å². The van der Waals surface area contributed by atoms with Gasteiger partial charge in [-0.1, -0.05) is 6.07 Å². The van der Waals surface area contributed by atoms with Crippen molar-refractivity contribution in [2.75, 3.05) is 11.9 Å². The molecule has 0 aliphatic carbocycles. The number of benzene rings is 1. The van der Waals surface area contributed by atoms with Gasteiger partial charge < -0.3 is 20.2 Å². The number of fused-ring (bicyclic) bond motifs is 1. The molecule has 3 N–H and O–H groups in total. The van der Waals surface area contributed by atoms with Crippen LogP contribution in [0, 0.1) is 0 Å². The molecule has 0 radical (unpaired) electrons. The molecule has 0 aliphatic heterocycles. The maximum Gasteiger partial charge on any atom is 0.313 e. The van der Waals surface area contributed by atoms with Gasteiger partial charge in [0.15, 0.2) is 0 Å². The minimum Gasteiger partial charge on any atom is -0.361 e. The van der Waals surface area contributed by atoms with Crippen molar-refractivity contribution in [3.8, 4) is 0 Å². The van der Waals surface area contributed by atoms with Crippen molar-refractivity contribution in [2.24, 2.45) is 0 Å². The molecule has 0 atom stereocenters. The number of imidazole rings is 1. The van der Waals surface area contributed by atoms with Crippen molar-refractivity contribution in [3.63, 3.8) is 0 Å². The van der Waals surface area contributed by atoms with E-state index in [1.807, 2.05) is 29.1 Å². The van der Waals surface area contributed by atoms with Crippen molar-refractivity contribution in [1.29, 1.82) is 0 Å². The molecule has 2 amide bonds. The summed E-state index contributed by atoms with van der Waals surface area (Å²) in [4.78, 5) is 30.6. The third-order valence-electron chi connectivity index (χ3n) is 3.46. The molecular formula is C16H17N5O2. The van der Waals surface area contributed by atoms with Crippen LogP contribution in [0.5, 0.6) is 0 Å². The Balaban J connectivity index is 1.46. The van der Waals surface area contributed by atoms with Gasteiger partial charge in [0.2, 0.25) is 0 Å². The molecule has 2 heterocycles. The van der Waals surface area contributed by atoms with Crippen molar-refractivity contribution < 1.29 is 9.59 Å². The van der Waals surface area contributed by atoms with Gasteiger partial charge >= 0.3 is 11.8 Å². The summed E-state index contributed by atoms with van der Waals surface area (Å²) in [5.74, 6) is -1.30. The first kappa shape index (κ1) is 14.8. The Morgan fingerprint density at radius 3 is 2.96 bits per heavy atom. The summed E-state index contributed by atoms with van der Waals surface area (Å²) in [6.45, 7) is 1.17. The van der Waals surface area contributed by atoms with Gasteiger partial charge in [-0.2, -0.15) is 0 Å². The highest BCUT2D eigenvalue weighted by Crippen LogP contribution is 2.17. The van der Waals surface area contributed by atoms with Gasteiger partial charge in [0, 0.05) is 42.9 Å². The average Bonchev–Trinajstić information content (AvgIpc) is 3.22. The van der Waals surface area contributed by atoms with E-state index in [0.717, 1.165) is 23.9 Å². The largest absolute Gasteiger partial charge is 0.361 e. The fourth-order valence-electron chi connectivity index (χ4n) is 2.28. The van der Waals surface area contributed by atoms with Gasteiger partial charge in [-0.3, -0.25) is 9.59 Å². The Labute approximate surface area is 132 Å². The number of rotatable bonds is 5. The van der Waals surface area contributed by atoms with Gasteiger partial charge in [0.1, 0.15) is 0 Å². The Bertz CT molecular complexity index is 807. The van der Waals surface area contributed by atoms with E-state index in [1.54, 1.807) is 24.7 Å². The molecular weight excluding hydrogens is 294 g/mol. The summed E-state index contributed by atoms with van der Waals surface area (Å²) in [5.41, 5.74) is 1.49. The van der Waals surface area contributed by atoms with Crippen molar-refractivity contribution in [3.05, 3.63) is 49.2 Å². The molecule has 0 unspecified atom stereocenters. The maximum absolute atomic E-state index is 11.9. The molecule has 0 saturated heterocycles. The first-order chi connectivity index (χ1) is 11.2. The van der Waals surface area contributed by atoms with Crippen LogP contribution in [0.2, 0.25) is 0 Å². The number of hydrogen-bond acceptors (Lipinski definition) is 3. The SMILES string of the molecule is O=C(NCCCn1ccnc1)C(=O)Nc1ccc2cc[nH]c2c1. The predicted molar refractivity (Wildman–Crippen MR) is 86.8 cm³/mol. The summed E-state index contributed by atoms with van der Waals surface area (Å²) < 4.78 is 1.91. The Morgan fingerprint density at radius 2 is 2.13 bits per heavy atom. The third kappa shape index (κ3) is 3.76. The number of amides is 2. The van der Waals surface area contributed by atoms with E-state index in [0.29, 0.717) is 12.2 Å². The number of carbonyl (C=O) groups excluding carboxylic acids is 2. The van der Waals surface area contributed by atoms with Crippen LogP contribution in [0.3, 0.4) is 0 Å². The second kappa shape index (κ2) is 6.78. The van der Waals surface area contributed by atoms with Crippen LogP contribution in [-0.4, -0.2) is 32.9 Å². The molecule has 3 rings (SSSR count). The van der Waals surface area contributed by atoms with Crippen LogP contribution in [0.1, 0.15) is 6.42 Å². The van der Waals surface area contributed by atoms with Crippen LogP contribution in [0.4, 0.5) is 5.69 Å². The minimum absolute atomic E-state index is 0.431. The van der Waals surface area contributed by atoms with Crippen LogP contribution in [0.25, 0.3) is 10.9 Å². The number of nitrogens with one attached hydrogen (secondary N) is 3. The molecule has 0 spiro atoms. The molecule has 0 bridgehead atoms. The Kier molecular flexibility index (Phi) is 4.37. The molecule has 1 aromatic carbocycles. The fourth-order valence-corrected chi connectivity index (χ4v) is 2.28. The molecule has 0 fully saturated rings. The monoisotopic (exact) mass is 311 g/mol. The number of aryl methyl sites for hydroxylation is 1. The lowest BCUT2D eigenvalue weighted by molar-refractivity contribution is -0.136. The summed E-state index contributed by atoms with van der Waals surface area (Å²) in [7, 11) is 0. The zero-order valence-electron chi connectivity index (χ0n) is 12.5. The van der Waals surface area contributed by atoms with Crippen LogP contribution in [-0.2, 0) is 16.1 Å². The number of aromatic amines is 1. The smallest absolute Gasteiger partial charge is 0.313 e. The van der Waals surface area contributed by atoms with Crippen molar-refractivity contribution in [2.45, 2.75) is 13.0 Å². The van der Waals surface area contributed by atoms with Crippen molar-refractivity contribution >= 4 is 28.4 Å². The topological polar surface area (TPSA) is 91.8 Å². The van der Waals surface area contributed by atoms with Gasteiger partial charge in [0.05, 0.1) is 6.33 Å². The van der Waals surface area contributed by atoms with E-state index < -0.39 is 11.8 Å². The highest BCUT2D eigenvalue weighted by Gasteiger charge is 2.13. The summed E-state index contributed by atoms with van der Waals surface area (Å²) in [6, 6.07) is 7.37. The lowest BCUT2D eigenvalue weighted by atomic mass is 10.2. The fraction of sp³-hybridized carbons (Fsp3) is 0.188. The Hall–Kier alpha value is -3.09.